The third-order valence-corrected chi connectivity index (χ3v) is 4.84. The van der Waals surface area contributed by atoms with Crippen molar-refractivity contribution >= 4 is 17.5 Å². The monoisotopic (exact) mass is 376 g/mol. The number of ether oxygens (including phenoxy) is 1. The summed E-state index contributed by atoms with van der Waals surface area (Å²) in [5, 5.41) is 5.79. The quantitative estimate of drug-likeness (QED) is 0.717. The molecule has 1 atom stereocenters. The number of hydrogen-bond acceptors (Lipinski definition) is 4. The summed E-state index contributed by atoms with van der Waals surface area (Å²) >= 11 is 0. The van der Waals surface area contributed by atoms with Crippen molar-refractivity contribution in [2.75, 3.05) is 12.4 Å². The lowest BCUT2D eigenvalue weighted by molar-refractivity contribution is -0.126. The van der Waals surface area contributed by atoms with Crippen LogP contribution in [-0.4, -0.2) is 28.5 Å². The molecule has 0 saturated carbocycles. The summed E-state index contributed by atoms with van der Waals surface area (Å²) in [5.41, 5.74) is 3.32. The lowest BCUT2D eigenvalue weighted by Crippen LogP contribution is -2.35. The molecule has 0 radical (unpaired) electrons. The highest BCUT2D eigenvalue weighted by atomic mass is 16.5. The maximum absolute atomic E-state index is 12.9. The first-order valence-corrected chi connectivity index (χ1v) is 8.97. The van der Waals surface area contributed by atoms with E-state index >= 15 is 0 Å². The number of nitrogens with zero attached hydrogens (tertiary/aromatic N) is 2. The van der Waals surface area contributed by atoms with Gasteiger partial charge in [-0.25, -0.2) is 4.98 Å². The highest BCUT2D eigenvalue weighted by Gasteiger charge is 2.31. The van der Waals surface area contributed by atoms with Crippen LogP contribution < -0.4 is 15.4 Å². The van der Waals surface area contributed by atoms with Gasteiger partial charge in [-0.3, -0.25) is 9.59 Å². The lowest BCUT2D eigenvalue weighted by Gasteiger charge is -2.25. The van der Waals surface area contributed by atoms with Crippen molar-refractivity contribution < 1.29 is 14.3 Å². The zero-order valence-corrected chi connectivity index (χ0v) is 15.4. The number of benzene rings is 2. The van der Waals surface area contributed by atoms with Gasteiger partial charge in [-0.05, 0) is 35.4 Å². The Morgan fingerprint density at radius 2 is 2.18 bits per heavy atom. The Labute approximate surface area is 162 Å². The molecule has 1 aromatic heterocycles. The number of nitrogens with one attached hydrogen (secondary N) is 2. The summed E-state index contributed by atoms with van der Waals surface area (Å²) in [6.07, 6.45) is 5.39. The molecule has 1 unspecified atom stereocenters. The standard InChI is InChI=1S/C21H20N4O3/c1-28-15-6-7-18-16(10-15)17(11-20(26)24-18)21(27)23-12-14-4-2-3-5-19(14)25-9-8-22-13-25/h2-10,13,17H,11-12H2,1H3,(H,23,27)(H,24,26). The van der Waals surface area contributed by atoms with Crippen molar-refractivity contribution in [1.29, 1.82) is 0 Å². The van der Waals surface area contributed by atoms with Gasteiger partial charge in [0.2, 0.25) is 11.8 Å². The smallest absolute Gasteiger partial charge is 0.228 e. The number of anilines is 1. The van der Waals surface area contributed by atoms with Crippen LogP contribution in [0.15, 0.2) is 61.2 Å². The zero-order chi connectivity index (χ0) is 19.5. The van der Waals surface area contributed by atoms with Crippen molar-refractivity contribution in [2.45, 2.75) is 18.9 Å². The SMILES string of the molecule is COc1ccc2c(c1)C(C(=O)NCc1ccccc1-n1ccnc1)CC(=O)N2. The first-order chi connectivity index (χ1) is 13.7. The molecule has 7 nitrogen and oxygen atoms in total. The van der Waals surface area contributed by atoms with E-state index in [0.29, 0.717) is 18.0 Å². The molecule has 1 aliphatic rings. The largest absolute Gasteiger partial charge is 0.497 e. The minimum atomic E-state index is -0.556. The van der Waals surface area contributed by atoms with Crippen LogP contribution in [0.25, 0.3) is 5.69 Å². The molecule has 0 bridgehead atoms. The number of aromatic nitrogens is 2. The average Bonchev–Trinajstić information content (AvgIpc) is 3.26. The predicted molar refractivity (Wildman–Crippen MR) is 104 cm³/mol. The van der Waals surface area contributed by atoms with Gasteiger partial charge in [0.05, 0.1) is 25.0 Å². The highest BCUT2D eigenvalue weighted by molar-refractivity contribution is 6.01. The lowest BCUT2D eigenvalue weighted by atomic mass is 9.89. The number of imidazole rings is 1. The Morgan fingerprint density at radius 3 is 2.96 bits per heavy atom. The molecule has 7 heteroatoms. The van der Waals surface area contributed by atoms with E-state index in [9.17, 15) is 9.59 Å². The minimum absolute atomic E-state index is 0.106. The second-order valence-corrected chi connectivity index (χ2v) is 6.57. The van der Waals surface area contributed by atoms with E-state index in [4.69, 9.17) is 4.74 Å². The zero-order valence-electron chi connectivity index (χ0n) is 15.4. The number of carbonyl (C=O) groups excluding carboxylic acids is 2. The summed E-state index contributed by atoms with van der Waals surface area (Å²) in [4.78, 5) is 29.0. The van der Waals surface area contributed by atoms with Crippen LogP contribution in [0.3, 0.4) is 0 Å². The van der Waals surface area contributed by atoms with E-state index in [1.807, 2.05) is 35.0 Å². The normalized spacial score (nSPS) is 15.5. The second kappa shape index (κ2) is 7.56. The van der Waals surface area contributed by atoms with Crippen molar-refractivity contribution in [3.8, 4) is 11.4 Å². The Morgan fingerprint density at radius 1 is 1.32 bits per heavy atom. The van der Waals surface area contributed by atoms with Crippen LogP contribution in [0.2, 0.25) is 0 Å². The molecule has 4 rings (SSSR count). The molecule has 0 aliphatic carbocycles. The molecule has 2 aromatic carbocycles. The molecule has 0 spiro atoms. The number of rotatable bonds is 5. The molecular formula is C21H20N4O3. The Kier molecular flexibility index (Phi) is 4.80. The average molecular weight is 376 g/mol. The van der Waals surface area contributed by atoms with Crippen molar-refractivity contribution in [3.05, 3.63) is 72.3 Å². The molecule has 2 N–H and O–H groups in total. The number of fused-ring (bicyclic) bond motifs is 1. The van der Waals surface area contributed by atoms with Crippen LogP contribution in [0.4, 0.5) is 5.69 Å². The van der Waals surface area contributed by atoms with E-state index in [1.165, 1.54) is 0 Å². The van der Waals surface area contributed by atoms with Gasteiger partial charge < -0.3 is 19.9 Å². The summed E-state index contributed by atoms with van der Waals surface area (Å²) < 4.78 is 7.17. The molecule has 2 heterocycles. The molecule has 1 aliphatic heterocycles. The summed E-state index contributed by atoms with van der Waals surface area (Å²) in [6.45, 7) is 0.352. The predicted octanol–water partition coefficient (Wildman–Crippen LogP) is 2.62. The number of para-hydroxylation sites is 1. The first kappa shape index (κ1) is 17.8. The van der Waals surface area contributed by atoms with Crippen LogP contribution in [0.5, 0.6) is 5.75 Å². The Bertz CT molecular complexity index is 1010. The van der Waals surface area contributed by atoms with Gasteiger partial charge in [-0.1, -0.05) is 18.2 Å². The van der Waals surface area contributed by atoms with E-state index in [-0.39, 0.29) is 18.2 Å². The molecule has 0 saturated heterocycles. The Balaban J connectivity index is 1.55. The number of hydrogen-bond donors (Lipinski definition) is 2. The van der Waals surface area contributed by atoms with Crippen LogP contribution in [0, 0.1) is 0 Å². The number of carbonyl (C=O) groups is 2. The van der Waals surface area contributed by atoms with Gasteiger partial charge in [0.15, 0.2) is 0 Å². The Hall–Kier alpha value is -3.61. The van der Waals surface area contributed by atoms with Gasteiger partial charge >= 0.3 is 0 Å². The molecule has 3 aromatic rings. The summed E-state index contributed by atoms with van der Waals surface area (Å²) in [7, 11) is 1.57. The van der Waals surface area contributed by atoms with E-state index < -0.39 is 5.92 Å². The van der Waals surface area contributed by atoms with Crippen molar-refractivity contribution in [2.24, 2.45) is 0 Å². The van der Waals surface area contributed by atoms with E-state index in [0.717, 1.165) is 16.8 Å². The fourth-order valence-electron chi connectivity index (χ4n) is 3.42. The maximum atomic E-state index is 12.9. The van der Waals surface area contributed by atoms with Crippen molar-refractivity contribution in [3.63, 3.8) is 0 Å². The number of methoxy groups -OCH3 is 1. The number of amides is 2. The van der Waals surface area contributed by atoms with Crippen molar-refractivity contribution in [1.82, 2.24) is 14.9 Å². The molecular weight excluding hydrogens is 356 g/mol. The minimum Gasteiger partial charge on any atom is -0.497 e. The highest BCUT2D eigenvalue weighted by Crippen LogP contribution is 2.35. The topological polar surface area (TPSA) is 85.2 Å². The fraction of sp³-hybridized carbons (Fsp3) is 0.190. The molecule has 28 heavy (non-hydrogen) atoms. The van der Waals surface area contributed by atoms with Crippen LogP contribution in [0.1, 0.15) is 23.5 Å². The van der Waals surface area contributed by atoms with Gasteiger partial charge in [-0.15, -0.1) is 0 Å². The third kappa shape index (κ3) is 3.46. The van der Waals surface area contributed by atoms with E-state index in [1.54, 1.807) is 37.8 Å². The maximum Gasteiger partial charge on any atom is 0.228 e. The first-order valence-electron chi connectivity index (χ1n) is 8.97. The van der Waals surface area contributed by atoms with Gasteiger partial charge in [0, 0.05) is 31.0 Å². The summed E-state index contributed by atoms with van der Waals surface area (Å²) in [6, 6.07) is 13.1. The second-order valence-electron chi connectivity index (χ2n) is 6.57. The van der Waals surface area contributed by atoms with E-state index in [2.05, 4.69) is 15.6 Å². The van der Waals surface area contributed by atoms with Gasteiger partial charge in [0.1, 0.15) is 5.75 Å². The third-order valence-electron chi connectivity index (χ3n) is 4.84. The molecule has 142 valence electrons. The molecule has 2 amide bonds. The summed E-state index contributed by atoms with van der Waals surface area (Å²) in [5.74, 6) is -0.265. The van der Waals surface area contributed by atoms with Gasteiger partial charge in [0.25, 0.3) is 0 Å². The van der Waals surface area contributed by atoms with Crippen LogP contribution in [-0.2, 0) is 16.1 Å². The van der Waals surface area contributed by atoms with Crippen LogP contribution >= 0.6 is 0 Å². The molecule has 0 fully saturated rings. The van der Waals surface area contributed by atoms with Gasteiger partial charge in [-0.2, -0.15) is 0 Å². The fourth-order valence-corrected chi connectivity index (χ4v) is 3.42.